The molecule has 2 aromatic carbocycles. The number of benzene rings is 2. The first-order valence-electron chi connectivity index (χ1n) is 7.89. The van der Waals surface area contributed by atoms with E-state index in [4.69, 9.17) is 23.8 Å². The number of hydrogen-bond donors (Lipinski definition) is 1. The molecule has 0 atom stereocenters. The normalized spacial score (nSPS) is 16.5. The van der Waals surface area contributed by atoms with Crippen LogP contribution >= 0.6 is 23.8 Å². The lowest BCUT2D eigenvalue weighted by Gasteiger charge is -2.36. The Hall–Kier alpha value is -2.70. The molecule has 0 aromatic heterocycles. The predicted molar refractivity (Wildman–Crippen MR) is 105 cm³/mol. The van der Waals surface area contributed by atoms with E-state index in [1.54, 1.807) is 43.3 Å². The Kier molecular flexibility index (Phi) is 5.06. The van der Waals surface area contributed by atoms with Gasteiger partial charge in [0.1, 0.15) is 11.3 Å². The smallest absolute Gasteiger partial charge is 0.270 e. The number of hydrogen-bond acceptors (Lipinski definition) is 4. The molecule has 5 nitrogen and oxygen atoms in total. The van der Waals surface area contributed by atoms with Crippen molar-refractivity contribution < 1.29 is 14.7 Å². The molecular formula is C19H15ClN2O3S. The maximum absolute atomic E-state index is 13.0. The highest BCUT2D eigenvalue weighted by atomic mass is 35.5. The summed E-state index contributed by atoms with van der Waals surface area (Å²) in [5, 5.41) is 10.1. The zero-order valence-corrected chi connectivity index (χ0v) is 15.4. The van der Waals surface area contributed by atoms with Crippen LogP contribution in [0.5, 0.6) is 5.75 Å². The minimum absolute atomic E-state index is 0.00101. The molecule has 0 bridgehead atoms. The van der Waals surface area contributed by atoms with Gasteiger partial charge in [0, 0.05) is 11.6 Å². The predicted octanol–water partition coefficient (Wildman–Crippen LogP) is 3.61. The highest BCUT2D eigenvalue weighted by Crippen LogP contribution is 2.27. The fourth-order valence-corrected chi connectivity index (χ4v) is 3.14. The number of halogens is 1. The van der Waals surface area contributed by atoms with Gasteiger partial charge in [0.15, 0.2) is 5.11 Å². The average molecular weight is 387 g/mol. The summed E-state index contributed by atoms with van der Waals surface area (Å²) in [7, 11) is 0. The first kappa shape index (κ1) is 18.1. The van der Waals surface area contributed by atoms with E-state index in [-0.39, 0.29) is 16.4 Å². The van der Waals surface area contributed by atoms with Crippen LogP contribution in [0.4, 0.5) is 5.69 Å². The molecule has 2 aromatic rings. The Labute approximate surface area is 161 Å². The molecular weight excluding hydrogens is 372 g/mol. The number of anilines is 1. The van der Waals surface area contributed by atoms with Crippen molar-refractivity contribution in [3.05, 3.63) is 64.7 Å². The lowest BCUT2D eigenvalue weighted by Crippen LogP contribution is -2.56. The minimum atomic E-state index is -0.500. The van der Waals surface area contributed by atoms with Crippen molar-refractivity contribution in [2.45, 2.75) is 6.92 Å². The molecule has 0 spiro atoms. The lowest BCUT2D eigenvalue weighted by molar-refractivity contribution is -0.127. The molecule has 1 fully saturated rings. The summed E-state index contributed by atoms with van der Waals surface area (Å²) < 4.78 is 0. The quantitative estimate of drug-likeness (QED) is 0.497. The summed E-state index contributed by atoms with van der Waals surface area (Å²) in [6.07, 6.45) is 1.50. The number of phenolic OH excluding ortho intramolecular Hbond substituents is 1. The van der Waals surface area contributed by atoms with E-state index in [9.17, 15) is 14.7 Å². The summed E-state index contributed by atoms with van der Waals surface area (Å²) in [4.78, 5) is 28.4. The molecule has 1 aliphatic rings. The van der Waals surface area contributed by atoms with Gasteiger partial charge in [0.2, 0.25) is 0 Å². The van der Waals surface area contributed by atoms with Crippen molar-refractivity contribution in [3.8, 4) is 5.75 Å². The second-order valence-electron chi connectivity index (χ2n) is 5.60. The van der Waals surface area contributed by atoms with Crippen LogP contribution in [0.25, 0.3) is 6.08 Å². The number of thiocarbonyl (C=S) groups is 1. The number of carbonyl (C=O) groups is 2. The largest absolute Gasteiger partial charge is 0.508 e. The third-order valence-electron chi connectivity index (χ3n) is 3.94. The molecule has 1 aliphatic heterocycles. The van der Waals surface area contributed by atoms with Crippen LogP contribution < -0.4 is 4.90 Å². The lowest BCUT2D eigenvalue weighted by atomic mass is 10.1. The molecule has 1 N–H and O–H groups in total. The summed E-state index contributed by atoms with van der Waals surface area (Å²) in [6.45, 7) is 2.13. The Bertz CT molecular complexity index is 907. The van der Waals surface area contributed by atoms with E-state index in [1.807, 2.05) is 0 Å². The maximum Gasteiger partial charge on any atom is 0.270 e. The van der Waals surface area contributed by atoms with Gasteiger partial charge in [-0.3, -0.25) is 19.4 Å². The van der Waals surface area contributed by atoms with Gasteiger partial charge >= 0.3 is 0 Å². The summed E-state index contributed by atoms with van der Waals surface area (Å²) in [5.41, 5.74) is 1.16. The first-order valence-corrected chi connectivity index (χ1v) is 8.67. The molecule has 0 saturated carbocycles. The summed E-state index contributed by atoms with van der Waals surface area (Å²) in [6, 6.07) is 12.9. The van der Waals surface area contributed by atoms with Crippen molar-refractivity contribution >= 4 is 52.5 Å². The van der Waals surface area contributed by atoms with E-state index >= 15 is 0 Å². The standard InChI is InChI=1S/C19H15ClN2O3S/c1-2-21-17(24)16(11-12-3-9-15(23)10-4-12)18(25)22(19(21)26)14-7-5-13(20)6-8-14/h3-11,23H,2H2,1H3/b16-11+. The van der Waals surface area contributed by atoms with Crippen LogP contribution in [-0.2, 0) is 9.59 Å². The molecule has 2 amide bonds. The van der Waals surface area contributed by atoms with Crippen LogP contribution in [-0.4, -0.2) is 33.5 Å². The van der Waals surface area contributed by atoms with Gasteiger partial charge in [-0.2, -0.15) is 0 Å². The number of carbonyl (C=O) groups excluding carboxylic acids is 2. The first-order chi connectivity index (χ1) is 12.4. The Morgan fingerprint density at radius 3 is 2.23 bits per heavy atom. The SMILES string of the molecule is CCN1C(=O)/C(=C\c2ccc(O)cc2)C(=O)N(c2ccc(Cl)cc2)C1=S. The van der Waals surface area contributed by atoms with Gasteiger partial charge in [0.25, 0.3) is 11.8 Å². The van der Waals surface area contributed by atoms with E-state index in [0.29, 0.717) is 22.8 Å². The third kappa shape index (κ3) is 3.34. The zero-order valence-electron chi connectivity index (χ0n) is 13.8. The molecule has 0 aliphatic carbocycles. The van der Waals surface area contributed by atoms with E-state index in [2.05, 4.69) is 0 Å². The number of rotatable bonds is 3. The second-order valence-corrected chi connectivity index (χ2v) is 6.40. The second kappa shape index (κ2) is 7.27. The molecule has 0 radical (unpaired) electrons. The van der Waals surface area contributed by atoms with Crippen LogP contribution in [0.1, 0.15) is 12.5 Å². The number of amides is 2. The zero-order chi connectivity index (χ0) is 18.8. The number of aromatic hydroxyl groups is 1. The van der Waals surface area contributed by atoms with Gasteiger partial charge in [-0.25, -0.2) is 0 Å². The fraction of sp³-hybridized carbons (Fsp3) is 0.105. The maximum atomic E-state index is 13.0. The minimum Gasteiger partial charge on any atom is -0.508 e. The van der Waals surface area contributed by atoms with Crippen LogP contribution in [0.15, 0.2) is 54.1 Å². The fourth-order valence-electron chi connectivity index (χ4n) is 2.61. The van der Waals surface area contributed by atoms with Crippen molar-refractivity contribution in [2.75, 3.05) is 11.4 Å². The van der Waals surface area contributed by atoms with Crippen LogP contribution in [0.2, 0.25) is 5.02 Å². The highest BCUT2D eigenvalue weighted by Gasteiger charge is 2.39. The van der Waals surface area contributed by atoms with Crippen molar-refractivity contribution in [2.24, 2.45) is 0 Å². The third-order valence-corrected chi connectivity index (χ3v) is 4.59. The molecule has 7 heteroatoms. The van der Waals surface area contributed by atoms with Gasteiger partial charge in [-0.15, -0.1) is 0 Å². The summed E-state index contributed by atoms with van der Waals surface area (Å²) >= 11 is 11.3. The molecule has 3 rings (SSSR count). The molecule has 1 heterocycles. The van der Waals surface area contributed by atoms with Gasteiger partial charge in [-0.05, 0) is 67.2 Å². The summed E-state index contributed by atoms with van der Waals surface area (Å²) in [5.74, 6) is -0.839. The Morgan fingerprint density at radius 1 is 1.04 bits per heavy atom. The van der Waals surface area contributed by atoms with Crippen LogP contribution in [0.3, 0.4) is 0 Å². The topological polar surface area (TPSA) is 60.9 Å². The number of nitrogens with zero attached hydrogens (tertiary/aromatic N) is 2. The van der Waals surface area contributed by atoms with Crippen molar-refractivity contribution in [3.63, 3.8) is 0 Å². The molecule has 26 heavy (non-hydrogen) atoms. The van der Waals surface area contributed by atoms with E-state index < -0.39 is 11.8 Å². The number of likely N-dealkylation sites (N-methyl/N-ethyl adjacent to an activating group) is 1. The average Bonchev–Trinajstić information content (AvgIpc) is 2.62. The van der Waals surface area contributed by atoms with E-state index in [1.165, 1.54) is 28.0 Å². The van der Waals surface area contributed by atoms with E-state index in [0.717, 1.165) is 0 Å². The molecule has 132 valence electrons. The Morgan fingerprint density at radius 2 is 1.65 bits per heavy atom. The van der Waals surface area contributed by atoms with Gasteiger partial charge in [-0.1, -0.05) is 23.7 Å². The molecule has 0 unspecified atom stereocenters. The van der Waals surface area contributed by atoms with Gasteiger partial charge < -0.3 is 5.11 Å². The monoisotopic (exact) mass is 386 g/mol. The van der Waals surface area contributed by atoms with Crippen LogP contribution in [0, 0.1) is 0 Å². The Balaban J connectivity index is 2.07. The van der Waals surface area contributed by atoms with Gasteiger partial charge in [0.05, 0.1) is 5.69 Å². The molecule has 1 saturated heterocycles. The highest BCUT2D eigenvalue weighted by molar-refractivity contribution is 7.80. The number of phenols is 1. The van der Waals surface area contributed by atoms with Crippen molar-refractivity contribution in [1.29, 1.82) is 0 Å². The van der Waals surface area contributed by atoms with Crippen molar-refractivity contribution in [1.82, 2.24) is 4.90 Å².